The maximum Gasteiger partial charge on any atom is 0.305 e. The minimum absolute atomic E-state index is 0.107. The molecule has 0 aliphatic carbocycles. The fourth-order valence-electron chi connectivity index (χ4n) is 2.07. The van der Waals surface area contributed by atoms with Crippen molar-refractivity contribution in [3.05, 3.63) is 41.0 Å². The van der Waals surface area contributed by atoms with Gasteiger partial charge in [0.2, 0.25) is 0 Å². The number of carboxylic acid groups (broad SMARTS) is 1. The molecule has 116 valence electrons. The lowest BCUT2D eigenvalue weighted by Crippen LogP contribution is -2.29. The molecule has 1 aromatic carbocycles. The van der Waals surface area contributed by atoms with Crippen molar-refractivity contribution in [1.82, 2.24) is 14.7 Å². The molecule has 0 unspecified atom stereocenters. The highest BCUT2D eigenvalue weighted by Crippen LogP contribution is 2.29. The molecule has 0 bridgehead atoms. The van der Waals surface area contributed by atoms with Crippen molar-refractivity contribution in [3.8, 4) is 11.3 Å². The van der Waals surface area contributed by atoms with Gasteiger partial charge in [-0.05, 0) is 6.07 Å². The van der Waals surface area contributed by atoms with Crippen LogP contribution in [0.2, 0.25) is 5.02 Å². The summed E-state index contributed by atoms with van der Waals surface area (Å²) in [7, 11) is 3.28. The number of carboxylic acids is 1. The van der Waals surface area contributed by atoms with Gasteiger partial charge in [0.1, 0.15) is 5.69 Å². The van der Waals surface area contributed by atoms with Crippen LogP contribution >= 0.6 is 11.6 Å². The molecule has 22 heavy (non-hydrogen) atoms. The van der Waals surface area contributed by atoms with E-state index in [0.29, 0.717) is 21.8 Å². The van der Waals surface area contributed by atoms with Gasteiger partial charge in [0, 0.05) is 32.4 Å². The third kappa shape index (κ3) is 3.46. The van der Waals surface area contributed by atoms with Gasteiger partial charge in [0.05, 0.1) is 17.0 Å². The molecular formula is C15H16ClN3O3. The molecular weight excluding hydrogens is 306 g/mol. The van der Waals surface area contributed by atoms with Crippen LogP contribution in [0.5, 0.6) is 0 Å². The van der Waals surface area contributed by atoms with Crippen LogP contribution in [0.4, 0.5) is 0 Å². The lowest BCUT2D eigenvalue weighted by atomic mass is 10.1. The molecule has 1 amide bonds. The molecule has 1 aromatic heterocycles. The second-order valence-electron chi connectivity index (χ2n) is 4.92. The Morgan fingerprint density at radius 2 is 2.05 bits per heavy atom. The predicted octanol–water partition coefficient (Wildman–Crippen LogP) is 2.29. The van der Waals surface area contributed by atoms with E-state index in [0.717, 1.165) is 0 Å². The van der Waals surface area contributed by atoms with Gasteiger partial charge in [-0.3, -0.25) is 14.3 Å². The van der Waals surface area contributed by atoms with Crippen LogP contribution in [0, 0.1) is 0 Å². The van der Waals surface area contributed by atoms with Crippen LogP contribution < -0.4 is 0 Å². The molecule has 0 fully saturated rings. The highest BCUT2D eigenvalue weighted by Gasteiger charge is 2.21. The number of rotatable bonds is 5. The van der Waals surface area contributed by atoms with Gasteiger partial charge in [-0.2, -0.15) is 5.10 Å². The zero-order valence-electron chi connectivity index (χ0n) is 12.3. The summed E-state index contributed by atoms with van der Waals surface area (Å²) < 4.78 is 1.54. The maximum absolute atomic E-state index is 12.5. The summed E-state index contributed by atoms with van der Waals surface area (Å²) in [5.74, 6) is -1.23. The Bertz CT molecular complexity index is 712. The number of aryl methyl sites for hydroxylation is 1. The molecule has 1 N–H and O–H groups in total. The first-order valence-electron chi connectivity index (χ1n) is 6.66. The number of aliphatic carboxylic acids is 1. The van der Waals surface area contributed by atoms with E-state index in [-0.39, 0.29) is 18.9 Å². The monoisotopic (exact) mass is 321 g/mol. The average Bonchev–Trinajstić information content (AvgIpc) is 2.86. The van der Waals surface area contributed by atoms with Gasteiger partial charge < -0.3 is 10.0 Å². The van der Waals surface area contributed by atoms with Gasteiger partial charge in [-0.25, -0.2) is 0 Å². The molecule has 2 rings (SSSR count). The Labute approximate surface area is 132 Å². The number of amides is 1. The molecule has 0 spiro atoms. The Morgan fingerprint density at radius 3 is 2.68 bits per heavy atom. The fourth-order valence-corrected chi connectivity index (χ4v) is 2.29. The van der Waals surface area contributed by atoms with Crippen molar-refractivity contribution >= 4 is 23.5 Å². The van der Waals surface area contributed by atoms with E-state index in [1.807, 2.05) is 6.07 Å². The smallest absolute Gasteiger partial charge is 0.305 e. The number of carbonyl (C=O) groups excluding carboxylic acids is 1. The molecule has 0 aliphatic rings. The first kappa shape index (κ1) is 16.0. The van der Waals surface area contributed by atoms with Crippen molar-refractivity contribution < 1.29 is 14.7 Å². The predicted molar refractivity (Wildman–Crippen MR) is 82.9 cm³/mol. The van der Waals surface area contributed by atoms with Crippen LogP contribution in [0.3, 0.4) is 0 Å². The summed E-state index contributed by atoms with van der Waals surface area (Å²) in [6, 6.07) is 7.14. The zero-order valence-corrected chi connectivity index (χ0v) is 13.0. The van der Waals surface area contributed by atoms with Crippen LogP contribution in [0.1, 0.15) is 16.8 Å². The maximum atomic E-state index is 12.5. The van der Waals surface area contributed by atoms with E-state index >= 15 is 0 Å². The van der Waals surface area contributed by atoms with Gasteiger partial charge in [-0.15, -0.1) is 0 Å². The van der Waals surface area contributed by atoms with E-state index in [2.05, 4.69) is 5.10 Å². The number of nitrogens with zero attached hydrogens (tertiary/aromatic N) is 3. The summed E-state index contributed by atoms with van der Waals surface area (Å²) in [6.45, 7) is 0.130. The zero-order chi connectivity index (χ0) is 16.3. The Kier molecular flexibility index (Phi) is 4.82. The average molecular weight is 322 g/mol. The summed E-state index contributed by atoms with van der Waals surface area (Å²) in [5, 5.41) is 13.5. The van der Waals surface area contributed by atoms with Crippen LogP contribution in [0.15, 0.2) is 30.5 Å². The molecule has 6 nitrogen and oxygen atoms in total. The van der Waals surface area contributed by atoms with Gasteiger partial charge in [-0.1, -0.05) is 29.8 Å². The largest absolute Gasteiger partial charge is 0.481 e. The fraction of sp³-hybridized carbons (Fsp3) is 0.267. The highest BCUT2D eigenvalue weighted by atomic mass is 35.5. The summed E-state index contributed by atoms with van der Waals surface area (Å²) in [5.41, 5.74) is 1.54. The molecule has 0 radical (unpaired) electrons. The Balaban J connectivity index is 2.34. The number of carbonyl (C=O) groups is 2. The molecule has 1 heterocycles. The highest BCUT2D eigenvalue weighted by molar-refractivity contribution is 6.33. The van der Waals surface area contributed by atoms with Crippen LogP contribution in [-0.4, -0.2) is 45.3 Å². The quantitative estimate of drug-likeness (QED) is 0.916. The summed E-state index contributed by atoms with van der Waals surface area (Å²) in [4.78, 5) is 24.5. The Morgan fingerprint density at radius 1 is 1.36 bits per heavy atom. The molecule has 0 saturated carbocycles. The summed E-state index contributed by atoms with van der Waals surface area (Å²) >= 11 is 6.18. The molecule has 2 aromatic rings. The molecule has 0 saturated heterocycles. The van der Waals surface area contributed by atoms with Gasteiger partial charge in [0.25, 0.3) is 5.91 Å². The first-order chi connectivity index (χ1) is 10.4. The van der Waals surface area contributed by atoms with Gasteiger partial charge >= 0.3 is 5.97 Å². The standard InChI is InChI=1S/C15H16ClN3O3/c1-18(8-7-13(20)21)15(22)11-9-19(2)17-14(11)10-5-3-4-6-12(10)16/h3-6,9H,7-8H2,1-2H3,(H,20,21). The molecule has 0 aliphatic heterocycles. The second-order valence-corrected chi connectivity index (χ2v) is 5.32. The first-order valence-corrected chi connectivity index (χ1v) is 7.03. The summed E-state index contributed by atoms with van der Waals surface area (Å²) in [6.07, 6.45) is 1.50. The van der Waals surface area contributed by atoms with Gasteiger partial charge in [0.15, 0.2) is 0 Å². The minimum atomic E-state index is -0.947. The number of benzene rings is 1. The van der Waals surface area contributed by atoms with E-state index < -0.39 is 5.97 Å². The van der Waals surface area contributed by atoms with Crippen molar-refractivity contribution in [1.29, 1.82) is 0 Å². The normalized spacial score (nSPS) is 10.5. The van der Waals surface area contributed by atoms with Crippen LogP contribution in [-0.2, 0) is 11.8 Å². The van der Waals surface area contributed by atoms with E-state index in [4.69, 9.17) is 16.7 Å². The third-order valence-electron chi connectivity index (χ3n) is 3.20. The van der Waals surface area contributed by atoms with E-state index in [9.17, 15) is 9.59 Å². The second kappa shape index (κ2) is 6.62. The topological polar surface area (TPSA) is 75.4 Å². The van der Waals surface area contributed by atoms with E-state index in [1.54, 1.807) is 38.5 Å². The number of aromatic nitrogens is 2. The minimum Gasteiger partial charge on any atom is -0.481 e. The molecule has 0 atom stereocenters. The van der Waals surface area contributed by atoms with Crippen molar-refractivity contribution in [2.75, 3.05) is 13.6 Å². The lowest BCUT2D eigenvalue weighted by Gasteiger charge is -2.16. The molecule has 7 heteroatoms. The number of hydrogen-bond acceptors (Lipinski definition) is 3. The number of halogens is 1. The van der Waals surface area contributed by atoms with E-state index in [1.165, 1.54) is 9.58 Å². The van der Waals surface area contributed by atoms with Crippen molar-refractivity contribution in [2.24, 2.45) is 7.05 Å². The lowest BCUT2D eigenvalue weighted by molar-refractivity contribution is -0.137. The van der Waals surface area contributed by atoms with Crippen molar-refractivity contribution in [3.63, 3.8) is 0 Å². The van der Waals surface area contributed by atoms with Crippen molar-refractivity contribution in [2.45, 2.75) is 6.42 Å². The third-order valence-corrected chi connectivity index (χ3v) is 3.53. The Hall–Kier alpha value is -2.34. The van der Waals surface area contributed by atoms with Crippen LogP contribution in [0.25, 0.3) is 11.3 Å². The SMILES string of the molecule is CN(CCC(=O)O)C(=O)c1cn(C)nc1-c1ccccc1Cl. The number of hydrogen-bond donors (Lipinski definition) is 1.